The minimum Gasteiger partial charge on any atom is -0.326 e. The van der Waals surface area contributed by atoms with Crippen molar-refractivity contribution in [2.45, 2.75) is 33.7 Å². The van der Waals surface area contributed by atoms with Crippen molar-refractivity contribution in [3.8, 4) is 0 Å². The number of halogens is 1. The van der Waals surface area contributed by atoms with Crippen LogP contribution in [0.2, 0.25) is 0 Å². The van der Waals surface area contributed by atoms with Gasteiger partial charge in [-0.25, -0.2) is 4.39 Å². The summed E-state index contributed by atoms with van der Waals surface area (Å²) in [6.45, 7) is 6.06. The minimum atomic E-state index is -0.318. The molecule has 0 saturated heterocycles. The molecule has 0 saturated carbocycles. The maximum atomic E-state index is 13.4. The zero-order valence-electron chi connectivity index (χ0n) is 11.9. The normalized spacial score (nSPS) is 10.6. The van der Waals surface area contributed by atoms with Gasteiger partial charge in [0.1, 0.15) is 5.82 Å². The van der Waals surface area contributed by atoms with E-state index in [2.05, 4.69) is 10.4 Å². The van der Waals surface area contributed by atoms with Gasteiger partial charge in [0.15, 0.2) is 0 Å². The second kappa shape index (κ2) is 5.86. The lowest BCUT2D eigenvalue weighted by molar-refractivity contribution is -0.116. The molecule has 1 amide bonds. The number of carbonyl (C=O) groups excluding carboxylic acids is 1. The molecule has 1 aromatic heterocycles. The first kappa shape index (κ1) is 14.2. The molecule has 4 nitrogen and oxygen atoms in total. The van der Waals surface area contributed by atoms with Gasteiger partial charge in [0.2, 0.25) is 5.91 Å². The van der Waals surface area contributed by atoms with Gasteiger partial charge in [-0.2, -0.15) is 5.10 Å². The third kappa shape index (κ3) is 3.44. The maximum Gasteiger partial charge on any atom is 0.226 e. The van der Waals surface area contributed by atoms with Crippen LogP contribution < -0.4 is 5.32 Å². The summed E-state index contributed by atoms with van der Waals surface area (Å²) in [4.78, 5) is 11.8. The molecule has 0 unspecified atom stereocenters. The average molecular weight is 275 g/mol. The lowest BCUT2D eigenvalue weighted by atomic mass is 10.2. The SMILES string of the molecule is Cc1cc(C)n(CCC(=O)Nc2ccc(C)c(F)c2)n1. The average Bonchev–Trinajstić information content (AvgIpc) is 2.70. The van der Waals surface area contributed by atoms with Gasteiger partial charge in [0.05, 0.1) is 5.69 Å². The predicted octanol–water partition coefficient (Wildman–Crippen LogP) is 2.98. The smallest absolute Gasteiger partial charge is 0.226 e. The van der Waals surface area contributed by atoms with Crippen LogP contribution in [-0.2, 0) is 11.3 Å². The van der Waals surface area contributed by atoms with Crippen LogP contribution in [0.25, 0.3) is 0 Å². The molecule has 1 aromatic carbocycles. The molecule has 2 aromatic rings. The molecule has 0 fully saturated rings. The molecule has 0 bridgehead atoms. The Morgan fingerprint density at radius 2 is 2.05 bits per heavy atom. The fourth-order valence-electron chi connectivity index (χ4n) is 2.00. The fourth-order valence-corrected chi connectivity index (χ4v) is 2.00. The molecule has 1 N–H and O–H groups in total. The minimum absolute atomic E-state index is 0.152. The van der Waals surface area contributed by atoms with Gasteiger partial charge >= 0.3 is 0 Å². The molecule has 2 rings (SSSR count). The van der Waals surface area contributed by atoms with Crippen molar-refractivity contribution < 1.29 is 9.18 Å². The second-order valence-corrected chi connectivity index (χ2v) is 4.91. The Morgan fingerprint density at radius 1 is 1.30 bits per heavy atom. The second-order valence-electron chi connectivity index (χ2n) is 4.91. The number of hydrogen-bond donors (Lipinski definition) is 1. The van der Waals surface area contributed by atoms with Gasteiger partial charge in [-0.15, -0.1) is 0 Å². The highest BCUT2D eigenvalue weighted by molar-refractivity contribution is 5.90. The Hall–Kier alpha value is -2.17. The lowest BCUT2D eigenvalue weighted by Crippen LogP contribution is -2.15. The van der Waals surface area contributed by atoms with Crippen LogP contribution in [0.15, 0.2) is 24.3 Å². The van der Waals surface area contributed by atoms with Crippen LogP contribution in [-0.4, -0.2) is 15.7 Å². The highest BCUT2D eigenvalue weighted by Gasteiger charge is 2.07. The molecule has 20 heavy (non-hydrogen) atoms. The number of rotatable bonds is 4. The molecule has 5 heteroatoms. The molecule has 0 aliphatic heterocycles. The molecule has 0 aliphatic rings. The monoisotopic (exact) mass is 275 g/mol. The van der Waals surface area contributed by atoms with Crippen molar-refractivity contribution in [1.82, 2.24) is 9.78 Å². The zero-order chi connectivity index (χ0) is 14.7. The molecular formula is C15H18FN3O. The van der Waals surface area contributed by atoms with Crippen LogP contribution in [0, 0.1) is 26.6 Å². The number of benzene rings is 1. The Labute approximate surface area is 117 Å². The standard InChI is InChI=1S/C15H18FN3O/c1-10-4-5-13(9-14(10)16)17-15(20)6-7-19-12(3)8-11(2)18-19/h4-5,8-9H,6-7H2,1-3H3,(H,17,20). The zero-order valence-corrected chi connectivity index (χ0v) is 11.9. The number of hydrogen-bond acceptors (Lipinski definition) is 2. The van der Waals surface area contributed by atoms with Crippen LogP contribution in [0.1, 0.15) is 23.4 Å². The van der Waals surface area contributed by atoms with E-state index in [0.29, 0.717) is 24.2 Å². The number of anilines is 1. The van der Waals surface area contributed by atoms with Crippen molar-refractivity contribution in [2.24, 2.45) is 0 Å². The summed E-state index contributed by atoms with van der Waals surface area (Å²) >= 11 is 0. The van der Waals surface area contributed by atoms with Crippen molar-refractivity contribution in [1.29, 1.82) is 0 Å². The summed E-state index contributed by atoms with van der Waals surface area (Å²) in [6.07, 6.45) is 0.303. The lowest BCUT2D eigenvalue weighted by Gasteiger charge is -2.07. The third-order valence-corrected chi connectivity index (χ3v) is 3.11. The van der Waals surface area contributed by atoms with E-state index < -0.39 is 0 Å². The number of amides is 1. The Morgan fingerprint density at radius 3 is 2.65 bits per heavy atom. The van der Waals surface area contributed by atoms with E-state index in [9.17, 15) is 9.18 Å². The van der Waals surface area contributed by atoms with Crippen molar-refractivity contribution in [3.63, 3.8) is 0 Å². The summed E-state index contributed by atoms with van der Waals surface area (Å²) in [6, 6.07) is 6.63. The van der Waals surface area contributed by atoms with Crippen LogP contribution in [0.4, 0.5) is 10.1 Å². The van der Waals surface area contributed by atoms with Gasteiger partial charge < -0.3 is 5.32 Å². The van der Waals surface area contributed by atoms with Gasteiger partial charge in [0, 0.05) is 24.3 Å². The Bertz CT molecular complexity index is 634. The predicted molar refractivity (Wildman–Crippen MR) is 76.1 cm³/mol. The summed E-state index contributed by atoms with van der Waals surface area (Å²) in [5.41, 5.74) is 3.00. The van der Waals surface area contributed by atoms with Crippen molar-refractivity contribution in [2.75, 3.05) is 5.32 Å². The molecule has 0 aliphatic carbocycles. The first-order chi connectivity index (χ1) is 9.45. The van der Waals surface area contributed by atoms with Gasteiger partial charge in [-0.3, -0.25) is 9.48 Å². The van der Waals surface area contributed by atoms with E-state index in [4.69, 9.17) is 0 Å². The number of nitrogens with one attached hydrogen (secondary N) is 1. The third-order valence-electron chi connectivity index (χ3n) is 3.11. The number of aryl methyl sites for hydroxylation is 4. The maximum absolute atomic E-state index is 13.4. The summed E-state index contributed by atoms with van der Waals surface area (Å²) in [7, 11) is 0. The summed E-state index contributed by atoms with van der Waals surface area (Å²) in [5, 5.41) is 6.98. The molecule has 1 heterocycles. The van der Waals surface area contributed by atoms with E-state index in [1.807, 2.05) is 19.9 Å². The largest absolute Gasteiger partial charge is 0.326 e. The summed E-state index contributed by atoms with van der Waals surface area (Å²) in [5.74, 6) is -0.470. The molecule has 0 atom stereocenters. The quantitative estimate of drug-likeness (QED) is 0.932. The Balaban J connectivity index is 1.92. The first-order valence-corrected chi connectivity index (χ1v) is 6.53. The first-order valence-electron chi connectivity index (χ1n) is 6.53. The number of nitrogens with zero attached hydrogens (tertiary/aromatic N) is 2. The van der Waals surface area contributed by atoms with Gasteiger partial charge in [-0.1, -0.05) is 6.07 Å². The van der Waals surface area contributed by atoms with Crippen LogP contribution in [0.5, 0.6) is 0 Å². The molecule has 0 radical (unpaired) electrons. The van der Waals surface area contributed by atoms with Gasteiger partial charge in [-0.05, 0) is 44.5 Å². The number of carbonyl (C=O) groups is 1. The van der Waals surface area contributed by atoms with Crippen molar-refractivity contribution >= 4 is 11.6 Å². The van der Waals surface area contributed by atoms with E-state index >= 15 is 0 Å². The van der Waals surface area contributed by atoms with E-state index in [0.717, 1.165) is 11.4 Å². The highest BCUT2D eigenvalue weighted by atomic mass is 19.1. The number of aromatic nitrogens is 2. The van der Waals surface area contributed by atoms with Gasteiger partial charge in [0.25, 0.3) is 0 Å². The van der Waals surface area contributed by atoms with Crippen LogP contribution >= 0.6 is 0 Å². The van der Waals surface area contributed by atoms with Crippen LogP contribution in [0.3, 0.4) is 0 Å². The van der Waals surface area contributed by atoms with E-state index in [1.54, 1.807) is 23.7 Å². The topological polar surface area (TPSA) is 46.9 Å². The van der Waals surface area contributed by atoms with E-state index in [1.165, 1.54) is 6.07 Å². The molecular weight excluding hydrogens is 257 g/mol. The Kier molecular flexibility index (Phi) is 4.17. The van der Waals surface area contributed by atoms with E-state index in [-0.39, 0.29) is 11.7 Å². The molecule has 0 spiro atoms. The van der Waals surface area contributed by atoms with Crippen molar-refractivity contribution in [3.05, 3.63) is 47.0 Å². The fraction of sp³-hybridized carbons (Fsp3) is 0.333. The highest BCUT2D eigenvalue weighted by Crippen LogP contribution is 2.14. The summed E-state index contributed by atoms with van der Waals surface area (Å²) < 4.78 is 15.2. The molecule has 106 valence electrons.